The van der Waals surface area contributed by atoms with Crippen molar-refractivity contribution in [1.29, 1.82) is 0 Å². The highest BCUT2D eigenvalue weighted by Gasteiger charge is 2.43. The number of aliphatic hydroxyl groups is 2. The Labute approximate surface area is 175 Å². The van der Waals surface area contributed by atoms with Crippen molar-refractivity contribution in [3.05, 3.63) is 54.1 Å². The molecule has 0 radical (unpaired) electrons. The Hall–Kier alpha value is -1.62. The van der Waals surface area contributed by atoms with Crippen LogP contribution in [-0.2, 0) is 0 Å². The van der Waals surface area contributed by atoms with Crippen LogP contribution < -0.4 is 4.74 Å². The highest BCUT2D eigenvalue weighted by atomic mass is 16.5. The summed E-state index contributed by atoms with van der Waals surface area (Å²) < 4.78 is 5.62. The molecule has 160 valence electrons. The molecule has 2 N–H and O–H groups in total. The maximum Gasteiger partial charge on any atom is 0.119 e. The molecule has 0 unspecified atom stereocenters. The second-order valence-corrected chi connectivity index (χ2v) is 8.93. The fourth-order valence-electron chi connectivity index (χ4n) is 4.76. The van der Waals surface area contributed by atoms with Gasteiger partial charge in [-0.1, -0.05) is 48.4 Å². The largest absolute Gasteiger partial charge is 0.491 e. The third-order valence-corrected chi connectivity index (χ3v) is 6.27. The van der Waals surface area contributed by atoms with Crippen LogP contribution in [0.2, 0.25) is 0 Å². The van der Waals surface area contributed by atoms with Gasteiger partial charge in [0.15, 0.2) is 0 Å². The van der Waals surface area contributed by atoms with Gasteiger partial charge in [-0.25, -0.2) is 0 Å². The van der Waals surface area contributed by atoms with Gasteiger partial charge < -0.3 is 19.8 Å². The van der Waals surface area contributed by atoms with E-state index >= 15 is 0 Å². The molecule has 0 aliphatic heterocycles. The summed E-state index contributed by atoms with van der Waals surface area (Å²) >= 11 is 0. The minimum absolute atomic E-state index is 0.133. The summed E-state index contributed by atoms with van der Waals surface area (Å²) in [6.45, 7) is 1.40. The topological polar surface area (TPSA) is 52.9 Å². The van der Waals surface area contributed by atoms with Crippen LogP contribution >= 0.6 is 0 Å². The molecule has 0 bridgehead atoms. The number of allylic oxidation sites excluding steroid dienone is 2. The molecule has 29 heavy (non-hydrogen) atoms. The van der Waals surface area contributed by atoms with Crippen molar-refractivity contribution in [3.8, 4) is 5.75 Å². The van der Waals surface area contributed by atoms with Gasteiger partial charge in [0.05, 0.1) is 6.10 Å². The molecule has 0 amide bonds. The van der Waals surface area contributed by atoms with Gasteiger partial charge in [0.25, 0.3) is 0 Å². The molecule has 1 saturated carbocycles. The van der Waals surface area contributed by atoms with Gasteiger partial charge in [-0.2, -0.15) is 0 Å². The average molecular weight is 400 g/mol. The zero-order valence-corrected chi connectivity index (χ0v) is 17.9. The van der Waals surface area contributed by atoms with Crippen LogP contribution in [0.15, 0.2) is 54.1 Å². The van der Waals surface area contributed by atoms with Crippen molar-refractivity contribution in [3.63, 3.8) is 0 Å². The number of fused-ring (bicyclic) bond motifs is 1. The van der Waals surface area contributed by atoms with E-state index < -0.39 is 6.10 Å². The number of unbranched alkanes of at least 4 members (excludes halogenated alkanes) is 2. The molecule has 1 aromatic rings. The summed E-state index contributed by atoms with van der Waals surface area (Å²) in [7, 11) is 4.26. The van der Waals surface area contributed by atoms with Crippen molar-refractivity contribution in [2.45, 2.75) is 50.7 Å². The molecule has 2 aliphatic rings. The molecule has 3 rings (SSSR count). The minimum atomic E-state index is -0.660. The Morgan fingerprint density at radius 3 is 2.72 bits per heavy atom. The smallest absolute Gasteiger partial charge is 0.119 e. The average Bonchev–Trinajstić information content (AvgIpc) is 3.21. The van der Waals surface area contributed by atoms with Gasteiger partial charge in [0, 0.05) is 5.92 Å². The zero-order valence-electron chi connectivity index (χ0n) is 17.9. The van der Waals surface area contributed by atoms with E-state index in [-0.39, 0.29) is 18.6 Å². The fraction of sp³-hybridized carbons (Fsp3) is 0.600. The first kappa shape index (κ1) is 22.1. The molecular formula is C25H37NO3. The fourth-order valence-corrected chi connectivity index (χ4v) is 4.76. The Morgan fingerprint density at radius 1 is 1.17 bits per heavy atom. The summed E-state index contributed by atoms with van der Waals surface area (Å²) in [5.74, 6) is 1.87. The number of nitrogens with zero attached hydrogens (tertiary/aromatic N) is 1. The van der Waals surface area contributed by atoms with Gasteiger partial charge in [0.1, 0.15) is 18.5 Å². The number of aliphatic hydroxyl groups excluding tert-OH is 2. The number of para-hydroxylation sites is 1. The predicted octanol–water partition coefficient (Wildman–Crippen LogP) is 4.05. The van der Waals surface area contributed by atoms with Gasteiger partial charge in [-0.3, -0.25) is 0 Å². The van der Waals surface area contributed by atoms with Crippen molar-refractivity contribution < 1.29 is 14.9 Å². The number of rotatable bonds is 11. The predicted molar refractivity (Wildman–Crippen MR) is 118 cm³/mol. The number of benzene rings is 1. The van der Waals surface area contributed by atoms with Gasteiger partial charge >= 0.3 is 0 Å². The molecule has 1 aromatic carbocycles. The molecule has 4 heteroatoms. The number of hydrogen-bond acceptors (Lipinski definition) is 4. The van der Waals surface area contributed by atoms with E-state index in [1.807, 2.05) is 36.4 Å². The molecule has 0 saturated heterocycles. The molecule has 0 aromatic heterocycles. The summed E-state index contributed by atoms with van der Waals surface area (Å²) in [6, 6.07) is 9.54. The maximum atomic E-state index is 10.5. The van der Waals surface area contributed by atoms with E-state index in [4.69, 9.17) is 4.74 Å². The van der Waals surface area contributed by atoms with Crippen LogP contribution in [0.3, 0.4) is 0 Å². The SMILES string of the molecule is CN(C)CCCCCC1=C[C@H]2C[C@@H](O)[C@H](C=C[C@H](O)COc3ccccc3)[C@H]2C1. The summed E-state index contributed by atoms with van der Waals surface area (Å²) in [6.07, 6.45) is 12.3. The van der Waals surface area contributed by atoms with Crippen molar-refractivity contribution in [2.75, 3.05) is 27.2 Å². The lowest BCUT2D eigenvalue weighted by atomic mass is 9.88. The molecule has 1 fully saturated rings. The summed E-state index contributed by atoms with van der Waals surface area (Å²) in [5.41, 5.74) is 1.57. The van der Waals surface area contributed by atoms with Gasteiger partial charge in [-0.05, 0) is 76.7 Å². The number of ether oxygens (including phenoxy) is 1. The highest BCUT2D eigenvalue weighted by Crippen LogP contribution is 2.48. The quantitative estimate of drug-likeness (QED) is 0.435. The Kier molecular flexibility index (Phi) is 8.34. The van der Waals surface area contributed by atoms with E-state index in [9.17, 15) is 10.2 Å². The van der Waals surface area contributed by atoms with Crippen LogP contribution in [-0.4, -0.2) is 54.6 Å². The molecule has 4 nitrogen and oxygen atoms in total. The minimum Gasteiger partial charge on any atom is -0.491 e. The van der Waals surface area contributed by atoms with Crippen molar-refractivity contribution in [1.82, 2.24) is 4.90 Å². The van der Waals surface area contributed by atoms with E-state index in [2.05, 4.69) is 25.1 Å². The van der Waals surface area contributed by atoms with E-state index in [0.717, 1.165) is 18.6 Å². The molecule has 2 aliphatic carbocycles. The normalized spacial score (nSPS) is 27.4. The molecule has 5 atom stereocenters. The van der Waals surface area contributed by atoms with Crippen LogP contribution in [0.4, 0.5) is 0 Å². The monoisotopic (exact) mass is 399 g/mol. The molecular weight excluding hydrogens is 362 g/mol. The Balaban J connectivity index is 1.42. The van der Waals surface area contributed by atoms with Gasteiger partial charge in [-0.15, -0.1) is 0 Å². The van der Waals surface area contributed by atoms with E-state index in [1.165, 1.54) is 32.2 Å². The van der Waals surface area contributed by atoms with Gasteiger partial charge in [0.2, 0.25) is 0 Å². The Bertz CT molecular complexity index is 670. The summed E-state index contributed by atoms with van der Waals surface area (Å²) in [4.78, 5) is 2.25. The Morgan fingerprint density at radius 2 is 1.97 bits per heavy atom. The zero-order chi connectivity index (χ0) is 20.6. The maximum absolute atomic E-state index is 10.5. The van der Waals surface area contributed by atoms with Crippen LogP contribution in [0, 0.1) is 17.8 Å². The van der Waals surface area contributed by atoms with Crippen LogP contribution in [0.25, 0.3) is 0 Å². The second-order valence-electron chi connectivity index (χ2n) is 8.93. The lowest BCUT2D eigenvalue weighted by Crippen LogP contribution is -2.19. The lowest BCUT2D eigenvalue weighted by molar-refractivity contribution is 0.133. The third kappa shape index (κ3) is 6.70. The van der Waals surface area contributed by atoms with Crippen molar-refractivity contribution >= 4 is 0 Å². The standard InChI is InChI=1S/C25H37NO3/c1-26(2)14-8-4-5-9-19-15-20-17-25(28)23(24(20)16-19)13-12-21(27)18-29-22-10-6-3-7-11-22/h3,6-7,10-13,15,20-21,23-25,27-28H,4-5,8-9,14,16-18H2,1-2H3/t20-,21-,23+,24-,25+/m0/s1. The lowest BCUT2D eigenvalue weighted by Gasteiger charge is -2.19. The van der Waals surface area contributed by atoms with E-state index in [1.54, 1.807) is 11.6 Å². The third-order valence-electron chi connectivity index (χ3n) is 6.27. The first-order valence-electron chi connectivity index (χ1n) is 11.1. The second kappa shape index (κ2) is 11.0. The summed E-state index contributed by atoms with van der Waals surface area (Å²) in [5, 5.41) is 20.7. The highest BCUT2D eigenvalue weighted by molar-refractivity contribution is 5.22. The first-order chi connectivity index (χ1) is 14.0. The van der Waals surface area contributed by atoms with E-state index in [0.29, 0.717) is 11.8 Å². The molecule has 0 heterocycles. The van der Waals surface area contributed by atoms with Crippen LogP contribution in [0.5, 0.6) is 5.75 Å². The molecule has 0 spiro atoms. The first-order valence-corrected chi connectivity index (χ1v) is 11.1. The van der Waals surface area contributed by atoms with Crippen LogP contribution in [0.1, 0.15) is 38.5 Å². The number of hydrogen-bond donors (Lipinski definition) is 2. The van der Waals surface area contributed by atoms with Crippen molar-refractivity contribution in [2.24, 2.45) is 17.8 Å².